The predicted octanol–water partition coefficient (Wildman–Crippen LogP) is 6.40. The number of anilines is 2. The maximum absolute atomic E-state index is 10.9. The zero-order valence-corrected chi connectivity index (χ0v) is 17.8. The average molecular weight is 438 g/mol. The van der Waals surface area contributed by atoms with E-state index in [9.17, 15) is 4.79 Å². The third-order valence-corrected chi connectivity index (χ3v) is 6.13. The van der Waals surface area contributed by atoms with E-state index < -0.39 is 5.97 Å². The first-order valence-corrected chi connectivity index (χ1v) is 11.0. The van der Waals surface area contributed by atoms with Gasteiger partial charge < -0.3 is 10.4 Å². The molecule has 0 saturated heterocycles. The molecular weight excluding hydrogens is 418 g/mol. The minimum absolute atomic E-state index is 0.00564. The molecule has 3 aromatic carbocycles. The molecule has 2 heterocycles. The topological polar surface area (TPSA) is 75.1 Å². The number of fused-ring (bicyclic) bond motifs is 1. The summed E-state index contributed by atoms with van der Waals surface area (Å²) in [5, 5.41) is 15.4. The van der Waals surface area contributed by atoms with E-state index in [1.165, 1.54) is 11.1 Å². The fraction of sp³-hybridized carbons (Fsp3) is 0.0385. The number of carbonyl (C=O) groups is 1. The second-order valence-electron chi connectivity index (χ2n) is 7.39. The molecule has 2 N–H and O–H groups in total. The van der Waals surface area contributed by atoms with Gasteiger partial charge in [-0.1, -0.05) is 66.7 Å². The lowest BCUT2D eigenvalue weighted by atomic mass is 10.0. The van der Waals surface area contributed by atoms with Crippen molar-refractivity contribution in [2.75, 3.05) is 5.32 Å². The van der Waals surface area contributed by atoms with Gasteiger partial charge in [-0.05, 0) is 34.4 Å². The third-order valence-electron chi connectivity index (χ3n) is 5.25. The fourth-order valence-corrected chi connectivity index (χ4v) is 4.59. The Labute approximate surface area is 189 Å². The summed E-state index contributed by atoms with van der Waals surface area (Å²) >= 11 is 1.59. The van der Waals surface area contributed by atoms with Crippen LogP contribution in [0.4, 0.5) is 11.5 Å². The van der Waals surface area contributed by atoms with Crippen LogP contribution in [-0.2, 0) is 11.2 Å². The number of benzene rings is 3. The number of aliphatic carboxylic acids is 1. The van der Waals surface area contributed by atoms with Gasteiger partial charge >= 0.3 is 5.97 Å². The molecule has 5 aromatic rings. The van der Waals surface area contributed by atoms with Crippen LogP contribution in [0.15, 0.2) is 90.6 Å². The number of hydrogen-bond donors (Lipinski definition) is 2. The molecule has 0 aliphatic heterocycles. The van der Waals surface area contributed by atoms with E-state index in [0.717, 1.165) is 38.4 Å². The van der Waals surface area contributed by atoms with E-state index in [-0.39, 0.29) is 6.42 Å². The monoisotopic (exact) mass is 437 g/mol. The summed E-state index contributed by atoms with van der Waals surface area (Å²) in [5.74, 6) is -0.117. The van der Waals surface area contributed by atoms with Gasteiger partial charge in [0.05, 0.1) is 11.8 Å². The molecule has 0 unspecified atom stereocenters. The highest BCUT2D eigenvalue weighted by atomic mass is 32.1. The van der Waals surface area contributed by atoms with Gasteiger partial charge in [0.2, 0.25) is 0 Å². The van der Waals surface area contributed by atoms with Gasteiger partial charge in [0.15, 0.2) is 0 Å². The highest BCUT2D eigenvalue weighted by molar-refractivity contribution is 7.17. The quantitative estimate of drug-likeness (QED) is 0.322. The van der Waals surface area contributed by atoms with Crippen molar-refractivity contribution in [1.82, 2.24) is 9.97 Å². The number of thiophene rings is 1. The molecule has 0 bridgehead atoms. The molecule has 5 nitrogen and oxygen atoms in total. The molecule has 5 rings (SSSR count). The summed E-state index contributed by atoms with van der Waals surface area (Å²) in [5.41, 5.74) is 6.14. The number of hydrogen-bond acceptors (Lipinski definition) is 5. The first-order chi connectivity index (χ1) is 15.7. The Bertz CT molecular complexity index is 1380. The third kappa shape index (κ3) is 4.08. The minimum atomic E-state index is -0.843. The van der Waals surface area contributed by atoms with Crippen LogP contribution < -0.4 is 5.32 Å². The molecule has 0 aliphatic carbocycles. The lowest BCUT2D eigenvalue weighted by Gasteiger charge is -2.09. The smallest absolute Gasteiger partial charge is 0.307 e. The molecule has 0 atom stereocenters. The summed E-state index contributed by atoms with van der Waals surface area (Å²) in [6.07, 6.45) is 1.56. The number of rotatable bonds is 6. The lowest BCUT2D eigenvalue weighted by Crippen LogP contribution is -2.00. The summed E-state index contributed by atoms with van der Waals surface area (Å²) in [6.45, 7) is 0. The van der Waals surface area contributed by atoms with E-state index in [1.807, 2.05) is 42.5 Å². The van der Waals surface area contributed by atoms with Crippen molar-refractivity contribution in [1.29, 1.82) is 0 Å². The van der Waals surface area contributed by atoms with E-state index in [1.54, 1.807) is 17.7 Å². The van der Waals surface area contributed by atoms with Crippen LogP contribution in [0, 0.1) is 0 Å². The van der Waals surface area contributed by atoms with Gasteiger partial charge in [0, 0.05) is 16.6 Å². The molecule has 0 radical (unpaired) electrons. The fourth-order valence-electron chi connectivity index (χ4n) is 3.67. The van der Waals surface area contributed by atoms with Crippen LogP contribution in [0.2, 0.25) is 0 Å². The molecule has 2 aromatic heterocycles. The highest BCUT2D eigenvalue weighted by Gasteiger charge is 2.14. The maximum Gasteiger partial charge on any atom is 0.307 e. The van der Waals surface area contributed by atoms with Crippen molar-refractivity contribution < 1.29 is 9.90 Å². The number of nitrogens with one attached hydrogen (secondary N) is 1. The van der Waals surface area contributed by atoms with E-state index in [0.29, 0.717) is 0 Å². The van der Waals surface area contributed by atoms with Gasteiger partial charge in [-0.3, -0.25) is 4.79 Å². The Morgan fingerprint density at radius 1 is 0.844 bits per heavy atom. The number of carboxylic acid groups (broad SMARTS) is 1. The zero-order chi connectivity index (χ0) is 21.9. The van der Waals surface area contributed by atoms with Crippen LogP contribution in [-0.4, -0.2) is 21.0 Å². The maximum atomic E-state index is 10.9. The second-order valence-corrected chi connectivity index (χ2v) is 8.25. The van der Waals surface area contributed by atoms with Gasteiger partial charge in [-0.25, -0.2) is 9.97 Å². The SMILES string of the molecule is O=C(O)Cc1ccc(Nc2ncnc3scc(-c4ccc(-c5ccccc5)cc4)c23)cc1. The Kier molecular flexibility index (Phi) is 5.35. The summed E-state index contributed by atoms with van der Waals surface area (Å²) in [4.78, 5) is 20.7. The predicted molar refractivity (Wildman–Crippen MR) is 129 cm³/mol. The van der Waals surface area contributed by atoms with Crippen molar-refractivity contribution in [3.63, 3.8) is 0 Å². The van der Waals surface area contributed by atoms with Gasteiger partial charge in [-0.15, -0.1) is 11.3 Å². The zero-order valence-electron chi connectivity index (χ0n) is 17.0. The van der Waals surface area contributed by atoms with E-state index in [4.69, 9.17) is 5.11 Å². The first-order valence-electron chi connectivity index (χ1n) is 10.1. The molecule has 0 aliphatic rings. The molecule has 0 fully saturated rings. The van der Waals surface area contributed by atoms with Crippen LogP contribution in [0.25, 0.3) is 32.5 Å². The van der Waals surface area contributed by atoms with Crippen LogP contribution >= 0.6 is 11.3 Å². The van der Waals surface area contributed by atoms with Gasteiger partial charge in [0.25, 0.3) is 0 Å². The van der Waals surface area contributed by atoms with Gasteiger partial charge in [-0.2, -0.15) is 0 Å². The van der Waals surface area contributed by atoms with E-state index in [2.05, 4.69) is 57.1 Å². The van der Waals surface area contributed by atoms with Gasteiger partial charge in [0.1, 0.15) is 17.0 Å². The van der Waals surface area contributed by atoms with Crippen molar-refractivity contribution in [3.05, 3.63) is 96.1 Å². The van der Waals surface area contributed by atoms with Crippen LogP contribution in [0.3, 0.4) is 0 Å². The molecular formula is C26H19N3O2S. The van der Waals surface area contributed by atoms with E-state index >= 15 is 0 Å². The molecule has 32 heavy (non-hydrogen) atoms. The Hall–Kier alpha value is -4.03. The Balaban J connectivity index is 1.47. The van der Waals surface area contributed by atoms with Crippen molar-refractivity contribution in [3.8, 4) is 22.3 Å². The van der Waals surface area contributed by atoms with Crippen molar-refractivity contribution in [2.45, 2.75) is 6.42 Å². The largest absolute Gasteiger partial charge is 0.481 e. The number of carboxylic acids is 1. The molecule has 0 amide bonds. The summed E-state index contributed by atoms with van der Waals surface area (Å²) in [7, 11) is 0. The van der Waals surface area contributed by atoms with Crippen LogP contribution in [0.1, 0.15) is 5.56 Å². The molecule has 6 heteroatoms. The molecule has 156 valence electrons. The summed E-state index contributed by atoms with van der Waals surface area (Å²) in [6, 6.07) is 26.2. The average Bonchev–Trinajstić information content (AvgIpc) is 3.26. The number of aromatic nitrogens is 2. The number of nitrogens with zero attached hydrogens (tertiary/aromatic N) is 2. The van der Waals surface area contributed by atoms with Crippen molar-refractivity contribution in [2.24, 2.45) is 0 Å². The van der Waals surface area contributed by atoms with Crippen LogP contribution in [0.5, 0.6) is 0 Å². The minimum Gasteiger partial charge on any atom is -0.481 e. The summed E-state index contributed by atoms with van der Waals surface area (Å²) < 4.78 is 0. The standard InChI is InChI=1S/C26H19N3O2S/c30-23(31)14-17-6-12-21(13-7-17)29-25-24-22(15-32-26(24)28-16-27-25)20-10-8-19(9-11-20)18-4-2-1-3-5-18/h1-13,15-16H,14H2,(H,30,31)(H,27,28,29). The lowest BCUT2D eigenvalue weighted by molar-refractivity contribution is -0.136. The van der Waals surface area contributed by atoms with Crippen molar-refractivity contribution >= 4 is 39.0 Å². The normalized spacial score (nSPS) is 10.9. The molecule has 0 saturated carbocycles. The highest BCUT2D eigenvalue weighted by Crippen LogP contribution is 2.38. The first kappa shape index (κ1) is 19.9. The second kappa shape index (κ2) is 8.61. The Morgan fingerprint density at radius 3 is 2.25 bits per heavy atom. The molecule has 0 spiro atoms. The Morgan fingerprint density at radius 2 is 1.53 bits per heavy atom.